The number of nitrogens with one attached hydrogen (secondary N) is 1. The molecule has 20 heavy (non-hydrogen) atoms. The molecule has 1 heterocycles. The Hall–Kier alpha value is -0.650. The maximum Gasteiger partial charge on any atom is 0.185 e. The molecular weight excluding hydrogens is 270 g/mol. The summed E-state index contributed by atoms with van der Waals surface area (Å²) < 4.78 is 5.27. The third-order valence-corrected chi connectivity index (χ3v) is 4.62. The van der Waals surface area contributed by atoms with Gasteiger partial charge in [0.25, 0.3) is 0 Å². The van der Waals surface area contributed by atoms with Gasteiger partial charge in [0.1, 0.15) is 0 Å². The second-order valence-electron chi connectivity index (χ2n) is 5.22. The van der Waals surface area contributed by atoms with Gasteiger partial charge < -0.3 is 15.0 Å². The highest BCUT2D eigenvalue weighted by Crippen LogP contribution is 2.28. The van der Waals surface area contributed by atoms with E-state index < -0.39 is 0 Å². The zero-order valence-electron chi connectivity index (χ0n) is 13.5. The van der Waals surface area contributed by atoms with Crippen molar-refractivity contribution in [1.82, 2.24) is 10.3 Å². The number of rotatable bonds is 10. The molecule has 1 rings (SSSR count). The molecule has 1 aromatic heterocycles. The minimum atomic E-state index is 0.526. The summed E-state index contributed by atoms with van der Waals surface area (Å²) in [6.07, 6.45) is 3.55. The van der Waals surface area contributed by atoms with Crippen LogP contribution in [-0.4, -0.2) is 31.7 Å². The van der Waals surface area contributed by atoms with Gasteiger partial charge in [-0.25, -0.2) is 4.98 Å². The number of methoxy groups -OCH3 is 1. The van der Waals surface area contributed by atoms with Gasteiger partial charge >= 0.3 is 0 Å². The van der Waals surface area contributed by atoms with Gasteiger partial charge in [-0.15, -0.1) is 11.3 Å². The first-order valence-electron chi connectivity index (χ1n) is 7.55. The highest BCUT2D eigenvalue weighted by Gasteiger charge is 2.17. The van der Waals surface area contributed by atoms with E-state index in [1.807, 2.05) is 0 Å². The lowest BCUT2D eigenvalue weighted by Crippen LogP contribution is -2.28. The van der Waals surface area contributed by atoms with E-state index in [1.54, 1.807) is 18.4 Å². The predicted molar refractivity (Wildman–Crippen MR) is 87.6 cm³/mol. The molecule has 0 radical (unpaired) electrons. The summed E-state index contributed by atoms with van der Waals surface area (Å²) in [5, 5.41) is 4.56. The zero-order chi connectivity index (χ0) is 15.0. The average Bonchev–Trinajstić information content (AvgIpc) is 2.82. The fraction of sp³-hybridized carbons (Fsp3) is 0.800. The second kappa shape index (κ2) is 9.32. The predicted octanol–water partition coefficient (Wildman–Crippen LogP) is 3.41. The lowest BCUT2D eigenvalue weighted by molar-refractivity contribution is 0.181. The van der Waals surface area contributed by atoms with Crippen LogP contribution in [0.5, 0.6) is 0 Å². The smallest absolute Gasteiger partial charge is 0.185 e. The zero-order valence-corrected chi connectivity index (χ0v) is 14.3. The summed E-state index contributed by atoms with van der Waals surface area (Å²) in [7, 11) is 3.87. The van der Waals surface area contributed by atoms with Crippen LogP contribution in [0, 0.1) is 0 Å². The molecule has 116 valence electrons. The van der Waals surface area contributed by atoms with Gasteiger partial charge in [-0.1, -0.05) is 20.3 Å². The standard InChI is InChI=1S/C15H29N3OS/c1-6-8-12(3)18(4)15-17-13(11-19-5)14(20-15)10-16-9-7-2/h12,16H,6-11H2,1-5H3. The number of ether oxygens (including phenoxy) is 1. The maximum atomic E-state index is 5.27. The number of hydrogen-bond donors (Lipinski definition) is 1. The Labute approximate surface area is 127 Å². The molecule has 4 nitrogen and oxygen atoms in total. The molecule has 0 amide bonds. The van der Waals surface area contributed by atoms with Crippen molar-refractivity contribution in [2.75, 3.05) is 25.6 Å². The van der Waals surface area contributed by atoms with Gasteiger partial charge in [0, 0.05) is 31.6 Å². The third-order valence-electron chi connectivity index (χ3n) is 3.43. The molecule has 0 saturated heterocycles. The van der Waals surface area contributed by atoms with Crippen molar-refractivity contribution in [3.8, 4) is 0 Å². The van der Waals surface area contributed by atoms with Gasteiger partial charge in [-0.2, -0.15) is 0 Å². The summed E-state index contributed by atoms with van der Waals surface area (Å²) >= 11 is 1.78. The molecule has 0 aromatic carbocycles. The van der Waals surface area contributed by atoms with Crippen LogP contribution in [0.3, 0.4) is 0 Å². The van der Waals surface area contributed by atoms with Crippen LogP contribution in [0.1, 0.15) is 50.6 Å². The molecule has 0 spiro atoms. The van der Waals surface area contributed by atoms with Gasteiger partial charge in [-0.05, 0) is 26.3 Å². The topological polar surface area (TPSA) is 37.4 Å². The van der Waals surface area contributed by atoms with E-state index in [4.69, 9.17) is 9.72 Å². The first-order valence-corrected chi connectivity index (χ1v) is 8.36. The van der Waals surface area contributed by atoms with E-state index in [-0.39, 0.29) is 0 Å². The van der Waals surface area contributed by atoms with Gasteiger partial charge in [0.2, 0.25) is 0 Å². The Morgan fingerprint density at radius 2 is 2.10 bits per heavy atom. The average molecular weight is 299 g/mol. The molecule has 0 aliphatic rings. The monoisotopic (exact) mass is 299 g/mol. The van der Waals surface area contributed by atoms with Crippen molar-refractivity contribution in [1.29, 1.82) is 0 Å². The van der Waals surface area contributed by atoms with Crippen molar-refractivity contribution in [2.24, 2.45) is 0 Å². The maximum absolute atomic E-state index is 5.27. The normalized spacial score (nSPS) is 12.7. The summed E-state index contributed by atoms with van der Waals surface area (Å²) in [4.78, 5) is 8.35. The third kappa shape index (κ3) is 5.04. The number of nitrogens with zero attached hydrogens (tertiary/aromatic N) is 2. The minimum absolute atomic E-state index is 0.526. The highest BCUT2D eigenvalue weighted by molar-refractivity contribution is 7.15. The van der Waals surface area contributed by atoms with Crippen LogP contribution in [0.4, 0.5) is 5.13 Å². The highest BCUT2D eigenvalue weighted by atomic mass is 32.1. The lowest BCUT2D eigenvalue weighted by atomic mass is 10.2. The first-order chi connectivity index (χ1) is 9.63. The molecule has 0 fully saturated rings. The van der Waals surface area contributed by atoms with Crippen molar-refractivity contribution in [2.45, 2.75) is 59.2 Å². The number of hydrogen-bond acceptors (Lipinski definition) is 5. The van der Waals surface area contributed by atoms with Crippen molar-refractivity contribution >= 4 is 16.5 Å². The fourth-order valence-electron chi connectivity index (χ4n) is 2.09. The van der Waals surface area contributed by atoms with Crippen molar-refractivity contribution in [3.05, 3.63) is 10.6 Å². The molecule has 1 unspecified atom stereocenters. The number of anilines is 1. The fourth-order valence-corrected chi connectivity index (χ4v) is 3.18. The van der Waals surface area contributed by atoms with E-state index in [0.717, 1.165) is 30.3 Å². The quantitative estimate of drug-likeness (QED) is 0.672. The molecule has 1 atom stereocenters. The van der Waals surface area contributed by atoms with E-state index in [9.17, 15) is 0 Å². The molecule has 1 N–H and O–H groups in total. The van der Waals surface area contributed by atoms with Crippen molar-refractivity contribution < 1.29 is 4.74 Å². The second-order valence-corrected chi connectivity index (χ2v) is 6.29. The van der Waals surface area contributed by atoms with E-state index in [1.165, 1.54) is 17.7 Å². The molecule has 5 heteroatoms. The van der Waals surface area contributed by atoms with E-state index in [2.05, 4.69) is 38.0 Å². The Kier molecular flexibility index (Phi) is 8.11. The Bertz CT molecular complexity index is 381. The summed E-state index contributed by atoms with van der Waals surface area (Å²) in [6.45, 7) is 9.19. The minimum Gasteiger partial charge on any atom is -0.378 e. The van der Waals surface area contributed by atoms with E-state index >= 15 is 0 Å². The van der Waals surface area contributed by atoms with Gasteiger partial charge in [0.15, 0.2) is 5.13 Å². The lowest BCUT2D eigenvalue weighted by Gasteiger charge is -2.23. The molecule has 1 aromatic rings. The van der Waals surface area contributed by atoms with Crippen LogP contribution in [-0.2, 0) is 17.9 Å². The van der Waals surface area contributed by atoms with Crippen LogP contribution < -0.4 is 10.2 Å². The van der Waals surface area contributed by atoms with Gasteiger partial charge in [-0.3, -0.25) is 0 Å². The molecule has 0 aliphatic heterocycles. The Morgan fingerprint density at radius 1 is 1.35 bits per heavy atom. The SMILES string of the molecule is CCCNCc1sc(N(C)C(C)CCC)nc1COC. The van der Waals surface area contributed by atoms with E-state index in [0.29, 0.717) is 12.6 Å². The summed E-state index contributed by atoms with van der Waals surface area (Å²) in [6, 6.07) is 0.526. The molecule has 0 saturated carbocycles. The largest absolute Gasteiger partial charge is 0.378 e. The van der Waals surface area contributed by atoms with Crippen LogP contribution >= 0.6 is 11.3 Å². The van der Waals surface area contributed by atoms with Crippen molar-refractivity contribution in [3.63, 3.8) is 0 Å². The van der Waals surface area contributed by atoms with Crippen LogP contribution in [0.2, 0.25) is 0 Å². The molecule has 0 aliphatic carbocycles. The summed E-state index contributed by atoms with van der Waals surface area (Å²) in [5.74, 6) is 0. The van der Waals surface area contributed by atoms with Crippen LogP contribution in [0.15, 0.2) is 0 Å². The Balaban J connectivity index is 2.78. The molecular formula is C15H29N3OS. The van der Waals surface area contributed by atoms with Gasteiger partial charge in [0.05, 0.1) is 12.3 Å². The Morgan fingerprint density at radius 3 is 2.70 bits per heavy atom. The molecule has 0 bridgehead atoms. The summed E-state index contributed by atoms with van der Waals surface area (Å²) in [5.41, 5.74) is 1.08. The van der Waals surface area contributed by atoms with Crippen LogP contribution in [0.25, 0.3) is 0 Å². The number of aromatic nitrogens is 1. The number of thiazole rings is 1. The first kappa shape index (κ1) is 17.4.